The number of pyridine rings is 1. The van der Waals surface area contributed by atoms with Crippen molar-refractivity contribution < 1.29 is 9.90 Å². The lowest BCUT2D eigenvalue weighted by molar-refractivity contribution is 0.0698. The van der Waals surface area contributed by atoms with Crippen LogP contribution in [0.15, 0.2) is 47.4 Å². The van der Waals surface area contributed by atoms with Gasteiger partial charge in [-0.25, -0.2) is 19.1 Å². The highest BCUT2D eigenvalue weighted by atomic mass is 16.4. The van der Waals surface area contributed by atoms with Crippen LogP contribution in [0.2, 0.25) is 0 Å². The summed E-state index contributed by atoms with van der Waals surface area (Å²) in [5.41, 5.74) is 1.11. The highest BCUT2D eigenvalue weighted by Gasteiger charge is 2.14. The van der Waals surface area contributed by atoms with E-state index in [2.05, 4.69) is 10.2 Å². The minimum absolute atomic E-state index is 0.0142. The van der Waals surface area contributed by atoms with E-state index in [-0.39, 0.29) is 11.2 Å². The fourth-order valence-electron chi connectivity index (χ4n) is 1.96. The molecule has 0 spiro atoms. The Labute approximate surface area is 106 Å². The zero-order valence-electron chi connectivity index (χ0n) is 9.70. The molecule has 2 N–H and O–H groups in total. The van der Waals surface area contributed by atoms with E-state index in [0.717, 1.165) is 5.56 Å². The molecule has 19 heavy (non-hydrogen) atoms. The Morgan fingerprint density at radius 3 is 2.63 bits per heavy atom. The molecule has 0 atom stereocenters. The summed E-state index contributed by atoms with van der Waals surface area (Å²) < 4.78 is 1.20. The van der Waals surface area contributed by atoms with Crippen molar-refractivity contribution in [3.8, 4) is 11.1 Å². The molecule has 0 bridgehead atoms. The van der Waals surface area contributed by atoms with Crippen LogP contribution in [0.5, 0.6) is 0 Å². The van der Waals surface area contributed by atoms with Gasteiger partial charge in [-0.2, -0.15) is 5.10 Å². The monoisotopic (exact) mass is 255 g/mol. The summed E-state index contributed by atoms with van der Waals surface area (Å²) in [5.74, 6) is -1.12. The van der Waals surface area contributed by atoms with Gasteiger partial charge in [0.1, 0.15) is 5.56 Å². The van der Waals surface area contributed by atoms with Crippen molar-refractivity contribution in [2.45, 2.75) is 0 Å². The number of aromatic carboxylic acids is 1. The van der Waals surface area contributed by atoms with Crippen molar-refractivity contribution in [1.29, 1.82) is 0 Å². The average Bonchev–Trinajstić information content (AvgIpc) is 2.80. The molecule has 94 valence electrons. The molecule has 3 aromatic rings. The molecule has 6 heteroatoms. The Balaban J connectivity index is 2.36. The van der Waals surface area contributed by atoms with Gasteiger partial charge in [-0.1, -0.05) is 30.3 Å². The van der Waals surface area contributed by atoms with Crippen molar-refractivity contribution in [3.63, 3.8) is 0 Å². The first-order valence-electron chi connectivity index (χ1n) is 5.56. The van der Waals surface area contributed by atoms with Crippen molar-refractivity contribution in [1.82, 2.24) is 14.6 Å². The summed E-state index contributed by atoms with van der Waals surface area (Å²) in [7, 11) is 0. The van der Waals surface area contributed by atoms with E-state index in [1.807, 2.05) is 30.3 Å². The maximum absolute atomic E-state index is 11.6. The smallest absolute Gasteiger partial charge is 0.347 e. The van der Waals surface area contributed by atoms with Crippen LogP contribution < -0.4 is 5.69 Å². The molecular formula is C13H9N3O3. The Hall–Kier alpha value is -2.89. The summed E-state index contributed by atoms with van der Waals surface area (Å²) in [4.78, 5) is 22.8. The van der Waals surface area contributed by atoms with Crippen LogP contribution in [0, 0.1) is 0 Å². The third-order valence-electron chi connectivity index (χ3n) is 2.85. The summed E-state index contributed by atoms with van der Waals surface area (Å²) in [5, 5.41) is 15.2. The molecule has 0 aliphatic heterocycles. The van der Waals surface area contributed by atoms with E-state index >= 15 is 0 Å². The second-order valence-corrected chi connectivity index (χ2v) is 4.04. The number of carbonyl (C=O) groups is 1. The number of hydrogen-bond donors (Lipinski definition) is 2. The van der Waals surface area contributed by atoms with Gasteiger partial charge in [0.15, 0.2) is 5.65 Å². The van der Waals surface area contributed by atoms with Crippen molar-refractivity contribution in [2.75, 3.05) is 0 Å². The number of carboxylic acids is 1. The molecule has 0 radical (unpaired) electrons. The molecule has 0 amide bonds. The Morgan fingerprint density at radius 2 is 1.95 bits per heavy atom. The molecule has 0 saturated carbocycles. The maximum Gasteiger partial charge on any atom is 0.347 e. The van der Waals surface area contributed by atoms with Gasteiger partial charge < -0.3 is 5.11 Å². The number of rotatable bonds is 2. The van der Waals surface area contributed by atoms with E-state index in [1.165, 1.54) is 10.5 Å². The third kappa shape index (κ3) is 1.79. The predicted molar refractivity (Wildman–Crippen MR) is 68.2 cm³/mol. The zero-order chi connectivity index (χ0) is 13.4. The first-order valence-corrected chi connectivity index (χ1v) is 5.56. The number of nitrogens with zero attached hydrogens (tertiary/aromatic N) is 2. The van der Waals surface area contributed by atoms with Crippen LogP contribution in [0.3, 0.4) is 0 Å². The quantitative estimate of drug-likeness (QED) is 0.724. The Morgan fingerprint density at radius 1 is 1.21 bits per heavy atom. The molecule has 0 saturated heterocycles. The van der Waals surface area contributed by atoms with Crippen molar-refractivity contribution in [3.05, 3.63) is 58.6 Å². The van der Waals surface area contributed by atoms with E-state index in [4.69, 9.17) is 0 Å². The number of aromatic amines is 1. The third-order valence-corrected chi connectivity index (χ3v) is 2.85. The maximum atomic E-state index is 11.6. The number of H-pyrrole nitrogens is 1. The van der Waals surface area contributed by atoms with E-state index in [0.29, 0.717) is 5.56 Å². The highest BCUT2D eigenvalue weighted by Crippen LogP contribution is 2.21. The number of nitrogens with one attached hydrogen (secondary N) is 1. The van der Waals surface area contributed by atoms with Crippen molar-refractivity contribution in [2.24, 2.45) is 0 Å². The van der Waals surface area contributed by atoms with Gasteiger partial charge in [0.25, 0.3) is 0 Å². The van der Waals surface area contributed by atoms with Crippen LogP contribution in [0.4, 0.5) is 0 Å². The minimum Gasteiger partial charge on any atom is -0.478 e. The van der Waals surface area contributed by atoms with Gasteiger partial charge in [-0.15, -0.1) is 0 Å². The number of benzene rings is 1. The average molecular weight is 255 g/mol. The Kier molecular flexibility index (Phi) is 2.42. The van der Waals surface area contributed by atoms with Crippen LogP contribution in [0.25, 0.3) is 16.8 Å². The first-order chi connectivity index (χ1) is 9.16. The molecular weight excluding hydrogens is 246 g/mol. The molecule has 3 rings (SSSR count). The molecule has 0 unspecified atom stereocenters. The van der Waals surface area contributed by atoms with Gasteiger partial charge in [0.05, 0.1) is 0 Å². The number of hydrogen-bond acceptors (Lipinski definition) is 3. The predicted octanol–water partition coefficient (Wildman–Crippen LogP) is 1.39. The van der Waals surface area contributed by atoms with E-state index in [1.54, 1.807) is 6.20 Å². The van der Waals surface area contributed by atoms with Crippen molar-refractivity contribution >= 4 is 11.6 Å². The standard InChI is InChI=1S/C13H9N3O3/c17-12(18)10-6-9(8-4-2-1-3-5-8)7-16-11(10)14-15-13(16)19/h1-7H,(H,15,19)(H,17,18). The fraction of sp³-hybridized carbons (Fsp3) is 0. The topological polar surface area (TPSA) is 87.5 Å². The second kappa shape index (κ2) is 4.09. The van der Waals surface area contributed by atoms with Crippen LogP contribution in [-0.2, 0) is 0 Å². The molecule has 1 aromatic carbocycles. The van der Waals surface area contributed by atoms with Crippen LogP contribution in [0.1, 0.15) is 10.4 Å². The van der Waals surface area contributed by atoms with Gasteiger partial charge >= 0.3 is 11.7 Å². The first kappa shape index (κ1) is 11.2. The number of carboxylic acid groups (broad SMARTS) is 1. The van der Waals surface area contributed by atoms with Crippen LogP contribution in [-0.4, -0.2) is 25.7 Å². The molecule has 0 aliphatic carbocycles. The molecule has 0 aliphatic rings. The van der Waals surface area contributed by atoms with Crippen LogP contribution >= 0.6 is 0 Å². The summed E-state index contributed by atoms with van der Waals surface area (Å²) in [6.07, 6.45) is 1.57. The summed E-state index contributed by atoms with van der Waals surface area (Å²) in [6, 6.07) is 10.8. The number of fused-ring (bicyclic) bond motifs is 1. The Bertz CT molecular complexity index is 818. The minimum atomic E-state index is -1.12. The largest absolute Gasteiger partial charge is 0.478 e. The lowest BCUT2D eigenvalue weighted by atomic mass is 10.1. The summed E-state index contributed by atoms with van der Waals surface area (Å²) in [6.45, 7) is 0. The lowest BCUT2D eigenvalue weighted by Crippen LogP contribution is -2.11. The lowest BCUT2D eigenvalue weighted by Gasteiger charge is -2.04. The van der Waals surface area contributed by atoms with Gasteiger partial charge in [0.2, 0.25) is 0 Å². The SMILES string of the molecule is O=C(O)c1cc(-c2ccccc2)cn2c(=O)[nH]nc12. The van der Waals surface area contributed by atoms with Gasteiger partial charge in [-0.05, 0) is 17.2 Å². The zero-order valence-corrected chi connectivity index (χ0v) is 9.70. The van der Waals surface area contributed by atoms with E-state index in [9.17, 15) is 14.7 Å². The second-order valence-electron chi connectivity index (χ2n) is 4.04. The molecule has 2 heterocycles. The summed E-state index contributed by atoms with van der Waals surface area (Å²) >= 11 is 0. The normalized spacial score (nSPS) is 10.7. The van der Waals surface area contributed by atoms with Gasteiger partial charge in [0, 0.05) is 6.20 Å². The van der Waals surface area contributed by atoms with E-state index < -0.39 is 11.7 Å². The molecule has 2 aromatic heterocycles. The molecule has 6 nitrogen and oxygen atoms in total. The highest BCUT2D eigenvalue weighted by molar-refractivity contribution is 5.95. The molecule has 0 fully saturated rings. The van der Waals surface area contributed by atoms with Gasteiger partial charge in [-0.3, -0.25) is 0 Å². The fourth-order valence-corrected chi connectivity index (χ4v) is 1.96. The number of aromatic nitrogens is 3.